The van der Waals surface area contributed by atoms with Gasteiger partial charge in [0.25, 0.3) is 5.91 Å². The van der Waals surface area contributed by atoms with Crippen molar-refractivity contribution in [3.63, 3.8) is 0 Å². The van der Waals surface area contributed by atoms with Crippen LogP contribution in [0.3, 0.4) is 0 Å². The molecule has 0 spiro atoms. The van der Waals surface area contributed by atoms with Crippen LogP contribution in [-0.4, -0.2) is 56.3 Å². The summed E-state index contributed by atoms with van der Waals surface area (Å²) in [6.45, 7) is 7.92. The van der Waals surface area contributed by atoms with Crippen LogP contribution in [0.1, 0.15) is 13.8 Å². The number of quaternary nitrogens is 1. The van der Waals surface area contributed by atoms with E-state index >= 15 is 0 Å². The van der Waals surface area contributed by atoms with Gasteiger partial charge in [-0.2, -0.15) is 0 Å². The number of aromatic hydroxyl groups is 1. The van der Waals surface area contributed by atoms with Crippen LogP contribution in [-0.2, 0) is 4.79 Å². The SMILES string of the molecule is CC(C)CNC(=O)NC(=O)C[NH+]1CCN(c2ccccc2O)CC1. The summed E-state index contributed by atoms with van der Waals surface area (Å²) in [7, 11) is 0. The Balaban J connectivity index is 1.74. The minimum absolute atomic E-state index is 0.262. The smallest absolute Gasteiger partial charge is 0.321 e. The zero-order valence-electron chi connectivity index (χ0n) is 14.3. The van der Waals surface area contributed by atoms with Gasteiger partial charge in [-0.1, -0.05) is 26.0 Å². The lowest BCUT2D eigenvalue weighted by Crippen LogP contribution is -3.16. The summed E-state index contributed by atoms with van der Waals surface area (Å²) in [5.41, 5.74) is 0.828. The molecule has 0 unspecified atom stereocenters. The number of para-hydroxylation sites is 2. The number of rotatable bonds is 5. The van der Waals surface area contributed by atoms with Crippen molar-refractivity contribution in [2.24, 2.45) is 5.92 Å². The molecule has 0 bridgehead atoms. The minimum atomic E-state index is -0.430. The zero-order valence-corrected chi connectivity index (χ0v) is 14.3. The molecule has 7 nitrogen and oxygen atoms in total. The molecule has 4 N–H and O–H groups in total. The normalized spacial score (nSPS) is 15.4. The molecule has 0 aliphatic carbocycles. The molecular weight excluding hydrogens is 308 g/mol. The molecule has 0 radical (unpaired) electrons. The van der Waals surface area contributed by atoms with Gasteiger partial charge in [0, 0.05) is 6.54 Å². The van der Waals surface area contributed by atoms with Crippen molar-refractivity contribution in [3.05, 3.63) is 24.3 Å². The van der Waals surface area contributed by atoms with E-state index in [4.69, 9.17) is 0 Å². The largest absolute Gasteiger partial charge is 0.506 e. The fourth-order valence-corrected chi connectivity index (χ4v) is 2.71. The molecule has 132 valence electrons. The highest BCUT2D eigenvalue weighted by Gasteiger charge is 2.24. The number of amides is 3. The Morgan fingerprint density at radius 2 is 1.92 bits per heavy atom. The van der Waals surface area contributed by atoms with Crippen molar-refractivity contribution < 1.29 is 19.6 Å². The second kappa shape index (κ2) is 8.54. The quantitative estimate of drug-likeness (QED) is 0.589. The average molecular weight is 335 g/mol. The number of nitrogens with one attached hydrogen (secondary N) is 3. The van der Waals surface area contributed by atoms with Gasteiger partial charge in [-0.3, -0.25) is 10.1 Å². The Morgan fingerprint density at radius 1 is 1.25 bits per heavy atom. The highest BCUT2D eigenvalue weighted by atomic mass is 16.3. The lowest BCUT2D eigenvalue weighted by molar-refractivity contribution is -0.892. The van der Waals surface area contributed by atoms with Crippen LogP contribution in [0.15, 0.2) is 24.3 Å². The Bertz CT molecular complexity index is 569. The first-order chi connectivity index (χ1) is 11.5. The monoisotopic (exact) mass is 335 g/mol. The molecule has 0 saturated carbocycles. The number of anilines is 1. The summed E-state index contributed by atoms with van der Waals surface area (Å²) in [6, 6.07) is 6.84. The topological polar surface area (TPSA) is 86.1 Å². The number of imide groups is 1. The highest BCUT2D eigenvalue weighted by Crippen LogP contribution is 2.25. The van der Waals surface area contributed by atoms with Gasteiger partial charge in [0.2, 0.25) is 0 Å². The molecule has 3 amide bonds. The number of piperazine rings is 1. The number of phenolic OH excluding ortho intramolecular Hbond substituents is 1. The van der Waals surface area contributed by atoms with E-state index in [0.717, 1.165) is 36.8 Å². The molecule has 1 aliphatic rings. The molecule has 1 fully saturated rings. The van der Waals surface area contributed by atoms with Gasteiger partial charge >= 0.3 is 6.03 Å². The fourth-order valence-electron chi connectivity index (χ4n) is 2.71. The predicted molar refractivity (Wildman–Crippen MR) is 92.3 cm³/mol. The van der Waals surface area contributed by atoms with Crippen LogP contribution < -0.4 is 20.4 Å². The Kier molecular flexibility index (Phi) is 6.43. The average Bonchev–Trinajstić information content (AvgIpc) is 2.54. The lowest BCUT2D eigenvalue weighted by atomic mass is 10.2. The van der Waals surface area contributed by atoms with E-state index < -0.39 is 6.03 Å². The summed E-state index contributed by atoms with van der Waals surface area (Å²) in [6.07, 6.45) is 0. The van der Waals surface area contributed by atoms with E-state index in [1.54, 1.807) is 12.1 Å². The van der Waals surface area contributed by atoms with Crippen LogP contribution in [0.5, 0.6) is 5.75 Å². The molecule has 1 aliphatic heterocycles. The van der Waals surface area contributed by atoms with Gasteiger partial charge in [-0.05, 0) is 18.1 Å². The summed E-state index contributed by atoms with van der Waals surface area (Å²) in [5.74, 6) is 0.363. The van der Waals surface area contributed by atoms with Gasteiger partial charge in [0.05, 0.1) is 31.9 Å². The maximum atomic E-state index is 11.9. The van der Waals surface area contributed by atoms with E-state index in [2.05, 4.69) is 15.5 Å². The second-order valence-electron chi connectivity index (χ2n) is 6.55. The molecular formula is C17H27N4O3+. The molecule has 1 saturated heterocycles. The molecule has 0 aromatic heterocycles. The number of carbonyl (C=O) groups excluding carboxylic acids is 2. The van der Waals surface area contributed by atoms with E-state index in [-0.39, 0.29) is 18.2 Å². The first-order valence-corrected chi connectivity index (χ1v) is 8.40. The predicted octanol–water partition coefficient (Wildman–Crippen LogP) is -0.421. The molecule has 1 aromatic carbocycles. The van der Waals surface area contributed by atoms with Crippen molar-refractivity contribution >= 4 is 17.6 Å². The number of phenols is 1. The first kappa shape index (κ1) is 18.1. The van der Waals surface area contributed by atoms with Gasteiger partial charge in [-0.15, -0.1) is 0 Å². The summed E-state index contributed by atoms with van der Waals surface area (Å²) < 4.78 is 0. The maximum absolute atomic E-state index is 11.9. The van der Waals surface area contributed by atoms with Gasteiger partial charge < -0.3 is 20.2 Å². The van der Waals surface area contributed by atoms with Gasteiger partial charge in [0.1, 0.15) is 5.75 Å². The number of hydrogen-bond acceptors (Lipinski definition) is 4. The third kappa shape index (κ3) is 5.42. The number of hydrogen-bond donors (Lipinski definition) is 4. The van der Waals surface area contributed by atoms with Gasteiger partial charge in [0.15, 0.2) is 6.54 Å². The summed E-state index contributed by atoms with van der Waals surface area (Å²) in [5, 5.41) is 14.9. The first-order valence-electron chi connectivity index (χ1n) is 8.40. The van der Waals surface area contributed by atoms with Crippen LogP contribution in [0, 0.1) is 5.92 Å². The third-order valence-corrected chi connectivity index (χ3v) is 4.03. The zero-order chi connectivity index (χ0) is 17.5. The van der Waals surface area contributed by atoms with E-state index in [9.17, 15) is 14.7 Å². The Hall–Kier alpha value is -2.28. The van der Waals surface area contributed by atoms with Crippen molar-refractivity contribution in [1.29, 1.82) is 0 Å². The Morgan fingerprint density at radius 3 is 2.54 bits per heavy atom. The van der Waals surface area contributed by atoms with Crippen molar-refractivity contribution in [3.8, 4) is 5.75 Å². The molecule has 1 heterocycles. The fraction of sp³-hybridized carbons (Fsp3) is 0.529. The van der Waals surface area contributed by atoms with Crippen LogP contribution in [0.25, 0.3) is 0 Å². The molecule has 2 rings (SSSR count). The van der Waals surface area contributed by atoms with E-state index in [1.165, 1.54) is 0 Å². The van der Waals surface area contributed by atoms with Crippen LogP contribution in [0.4, 0.5) is 10.5 Å². The molecule has 24 heavy (non-hydrogen) atoms. The number of urea groups is 1. The summed E-state index contributed by atoms with van der Waals surface area (Å²) in [4.78, 5) is 26.8. The van der Waals surface area contributed by atoms with Crippen molar-refractivity contribution in [1.82, 2.24) is 10.6 Å². The number of carbonyl (C=O) groups is 2. The van der Waals surface area contributed by atoms with Gasteiger partial charge in [-0.25, -0.2) is 4.79 Å². The van der Waals surface area contributed by atoms with Crippen LogP contribution in [0.2, 0.25) is 0 Å². The van der Waals surface area contributed by atoms with Crippen molar-refractivity contribution in [2.75, 3.05) is 44.2 Å². The highest BCUT2D eigenvalue weighted by molar-refractivity contribution is 5.94. The van der Waals surface area contributed by atoms with Crippen LogP contribution >= 0.6 is 0 Å². The number of nitrogens with zero attached hydrogens (tertiary/aromatic N) is 1. The number of benzene rings is 1. The molecule has 7 heteroatoms. The lowest BCUT2D eigenvalue weighted by Gasteiger charge is -2.33. The van der Waals surface area contributed by atoms with E-state index in [0.29, 0.717) is 12.5 Å². The standard InChI is InChI=1S/C17H26N4O3/c1-13(2)11-18-17(24)19-16(23)12-20-7-9-21(10-8-20)14-5-3-4-6-15(14)22/h3-6,13,22H,7-12H2,1-2H3,(H2,18,19,23,24)/p+1. The molecule has 1 aromatic rings. The third-order valence-electron chi connectivity index (χ3n) is 4.03. The van der Waals surface area contributed by atoms with Crippen molar-refractivity contribution in [2.45, 2.75) is 13.8 Å². The minimum Gasteiger partial charge on any atom is -0.506 e. The maximum Gasteiger partial charge on any atom is 0.321 e. The Labute approximate surface area is 142 Å². The second-order valence-corrected chi connectivity index (χ2v) is 6.55. The summed E-state index contributed by atoms with van der Waals surface area (Å²) >= 11 is 0. The van der Waals surface area contributed by atoms with E-state index in [1.807, 2.05) is 26.0 Å². The molecule has 0 atom stereocenters.